The maximum atomic E-state index is 11.6. The van der Waals surface area contributed by atoms with Gasteiger partial charge in [0.25, 0.3) is 0 Å². The predicted octanol–water partition coefficient (Wildman–Crippen LogP) is 4.79. The first-order chi connectivity index (χ1) is 10.4. The van der Waals surface area contributed by atoms with E-state index in [0.717, 1.165) is 17.4 Å². The van der Waals surface area contributed by atoms with Crippen LogP contribution in [0.15, 0.2) is 0 Å². The fourth-order valence-corrected chi connectivity index (χ4v) is 2.49. The van der Waals surface area contributed by atoms with Crippen molar-refractivity contribution in [1.29, 1.82) is 0 Å². The lowest BCUT2D eigenvalue weighted by Gasteiger charge is -2.29. The molecule has 0 amide bonds. The highest BCUT2D eigenvalue weighted by atomic mass is 16.5. The third-order valence-corrected chi connectivity index (χ3v) is 4.57. The van der Waals surface area contributed by atoms with Crippen LogP contribution in [0, 0.1) is 5.92 Å². The van der Waals surface area contributed by atoms with E-state index < -0.39 is 0 Å². The molecule has 0 saturated heterocycles. The summed E-state index contributed by atoms with van der Waals surface area (Å²) < 4.78 is 6.31. The first-order valence-corrected chi connectivity index (χ1v) is 9.41. The van der Waals surface area contributed by atoms with Crippen LogP contribution in [-0.4, -0.2) is 44.2 Å². The zero-order chi connectivity index (χ0) is 16.8. The number of likely N-dealkylation sites (N-methyl/N-ethyl adjacent to an activating group) is 1. The summed E-state index contributed by atoms with van der Waals surface area (Å²) in [5.41, 5.74) is 0. The topological polar surface area (TPSA) is 26.3 Å². The van der Waals surface area contributed by atoms with Gasteiger partial charge in [-0.15, -0.1) is 0 Å². The molecular formula is C19H40NO2+. The van der Waals surface area contributed by atoms with E-state index in [0.29, 0.717) is 6.61 Å². The van der Waals surface area contributed by atoms with E-state index in [9.17, 15) is 4.79 Å². The van der Waals surface area contributed by atoms with E-state index in [1.54, 1.807) is 0 Å². The number of rotatable bonds is 14. The summed E-state index contributed by atoms with van der Waals surface area (Å²) in [5, 5.41) is 0. The van der Waals surface area contributed by atoms with Gasteiger partial charge in [-0.05, 0) is 19.3 Å². The van der Waals surface area contributed by atoms with Crippen LogP contribution in [0.1, 0.15) is 78.6 Å². The first-order valence-electron chi connectivity index (χ1n) is 9.41. The maximum absolute atomic E-state index is 11.6. The Morgan fingerprint density at radius 1 is 0.909 bits per heavy atom. The minimum Gasteiger partial charge on any atom is -0.459 e. The van der Waals surface area contributed by atoms with Gasteiger partial charge < -0.3 is 9.22 Å². The van der Waals surface area contributed by atoms with Crippen molar-refractivity contribution in [2.24, 2.45) is 5.92 Å². The molecule has 1 unspecified atom stereocenters. The molecule has 0 aliphatic carbocycles. The van der Waals surface area contributed by atoms with Gasteiger partial charge in [-0.2, -0.15) is 0 Å². The molecule has 22 heavy (non-hydrogen) atoms. The molecule has 1 atom stereocenters. The normalized spacial score (nSPS) is 13.1. The summed E-state index contributed by atoms with van der Waals surface area (Å²) in [5.74, 6) is -0.0158. The van der Waals surface area contributed by atoms with Gasteiger partial charge in [-0.25, -0.2) is 0 Å². The minimum absolute atomic E-state index is 0.0309. The van der Waals surface area contributed by atoms with E-state index in [1.807, 2.05) is 13.8 Å². The molecule has 0 saturated carbocycles. The summed E-state index contributed by atoms with van der Waals surface area (Å²) in [6, 6.07) is 0. The molecule has 3 nitrogen and oxygen atoms in total. The molecular weight excluding hydrogens is 274 g/mol. The Bertz CT molecular complexity index is 277. The molecule has 0 spiro atoms. The smallest absolute Gasteiger partial charge is 0.308 e. The molecule has 0 aliphatic rings. The Balaban J connectivity index is 3.58. The second-order valence-corrected chi connectivity index (χ2v) is 7.33. The monoisotopic (exact) mass is 314 g/mol. The van der Waals surface area contributed by atoms with Crippen LogP contribution in [0.25, 0.3) is 0 Å². The van der Waals surface area contributed by atoms with Gasteiger partial charge in [-0.3, -0.25) is 4.79 Å². The Morgan fingerprint density at radius 3 is 2.00 bits per heavy atom. The Kier molecular flexibility index (Phi) is 12.6. The second kappa shape index (κ2) is 12.9. The summed E-state index contributed by atoms with van der Waals surface area (Å²) in [7, 11) is 4.47. The number of unbranched alkanes of at least 4 members (excludes halogenated alkanes) is 7. The average Bonchev–Trinajstić information content (AvgIpc) is 2.48. The van der Waals surface area contributed by atoms with E-state index in [1.165, 1.54) is 57.9 Å². The van der Waals surface area contributed by atoms with E-state index in [2.05, 4.69) is 21.0 Å². The van der Waals surface area contributed by atoms with Gasteiger partial charge in [0.15, 0.2) is 0 Å². The highest BCUT2D eigenvalue weighted by Gasteiger charge is 2.17. The predicted molar refractivity (Wildman–Crippen MR) is 94.9 cm³/mol. The Hall–Kier alpha value is -0.570. The Morgan fingerprint density at radius 2 is 1.45 bits per heavy atom. The summed E-state index contributed by atoms with van der Waals surface area (Å²) in [6.07, 6.45) is 11.7. The summed E-state index contributed by atoms with van der Waals surface area (Å²) >= 11 is 0. The molecule has 3 heteroatoms. The Labute approximate surface area is 139 Å². The van der Waals surface area contributed by atoms with Gasteiger partial charge in [0.05, 0.1) is 26.6 Å². The third kappa shape index (κ3) is 12.0. The van der Waals surface area contributed by atoms with Crippen molar-refractivity contribution in [2.75, 3.05) is 33.8 Å². The second-order valence-electron chi connectivity index (χ2n) is 7.33. The number of ether oxygens (including phenoxy) is 1. The van der Waals surface area contributed by atoms with Crippen molar-refractivity contribution in [1.82, 2.24) is 0 Å². The highest BCUT2D eigenvalue weighted by Crippen LogP contribution is 2.10. The largest absolute Gasteiger partial charge is 0.459 e. The lowest BCUT2D eigenvalue weighted by Crippen LogP contribution is -2.43. The van der Waals surface area contributed by atoms with Crippen LogP contribution in [-0.2, 0) is 9.53 Å². The van der Waals surface area contributed by atoms with Gasteiger partial charge in [0, 0.05) is 0 Å². The lowest BCUT2D eigenvalue weighted by atomic mass is 10.1. The van der Waals surface area contributed by atoms with Crippen molar-refractivity contribution in [3.63, 3.8) is 0 Å². The van der Waals surface area contributed by atoms with Gasteiger partial charge >= 0.3 is 5.97 Å². The standard InChI is InChI=1S/C19H40NO2/c1-6-8-9-10-11-12-13-14-15-20(4,5)16-17-22-19(21)18(3)7-2/h18H,6-17H2,1-5H3/q+1. The molecule has 0 bridgehead atoms. The molecule has 132 valence electrons. The van der Waals surface area contributed by atoms with Crippen LogP contribution in [0.2, 0.25) is 0 Å². The first kappa shape index (κ1) is 21.4. The molecule has 0 fully saturated rings. The average molecular weight is 315 g/mol. The molecule has 0 heterocycles. The number of nitrogens with zero attached hydrogens (tertiary/aromatic N) is 1. The number of carbonyl (C=O) groups is 1. The number of carbonyl (C=O) groups excluding carboxylic acids is 1. The van der Waals surface area contributed by atoms with Crippen molar-refractivity contribution in [3.8, 4) is 0 Å². The summed E-state index contributed by atoms with van der Waals surface area (Å²) in [4.78, 5) is 11.6. The molecule has 0 aromatic carbocycles. The van der Waals surface area contributed by atoms with Gasteiger partial charge in [0.1, 0.15) is 13.2 Å². The zero-order valence-corrected chi connectivity index (χ0v) is 15.8. The fourth-order valence-electron chi connectivity index (χ4n) is 2.49. The minimum atomic E-state index is -0.0467. The van der Waals surface area contributed by atoms with Crippen molar-refractivity contribution < 1.29 is 14.0 Å². The molecule has 0 aromatic rings. The SMILES string of the molecule is CCCCCCCCCC[N+](C)(C)CCOC(=O)C(C)CC. The van der Waals surface area contributed by atoms with Crippen LogP contribution >= 0.6 is 0 Å². The quantitative estimate of drug-likeness (QED) is 0.262. The van der Waals surface area contributed by atoms with Crippen molar-refractivity contribution in [3.05, 3.63) is 0 Å². The molecule has 0 aromatic heterocycles. The molecule has 0 aliphatic heterocycles. The van der Waals surface area contributed by atoms with Crippen molar-refractivity contribution >= 4 is 5.97 Å². The van der Waals surface area contributed by atoms with E-state index >= 15 is 0 Å². The molecule has 0 N–H and O–H groups in total. The maximum Gasteiger partial charge on any atom is 0.308 e. The van der Waals surface area contributed by atoms with Gasteiger partial charge in [-0.1, -0.05) is 59.3 Å². The number of quaternary nitrogens is 1. The zero-order valence-electron chi connectivity index (χ0n) is 15.8. The van der Waals surface area contributed by atoms with E-state index in [4.69, 9.17) is 4.74 Å². The van der Waals surface area contributed by atoms with E-state index in [-0.39, 0.29) is 11.9 Å². The lowest BCUT2D eigenvalue weighted by molar-refractivity contribution is -0.890. The third-order valence-electron chi connectivity index (χ3n) is 4.57. The molecule has 0 rings (SSSR count). The number of hydrogen-bond donors (Lipinski definition) is 0. The van der Waals surface area contributed by atoms with Crippen LogP contribution in [0.5, 0.6) is 0 Å². The van der Waals surface area contributed by atoms with Crippen molar-refractivity contribution in [2.45, 2.75) is 78.6 Å². The van der Waals surface area contributed by atoms with Gasteiger partial charge in [0.2, 0.25) is 0 Å². The summed E-state index contributed by atoms with van der Waals surface area (Å²) in [6.45, 7) is 8.86. The van der Waals surface area contributed by atoms with Crippen LogP contribution < -0.4 is 0 Å². The van der Waals surface area contributed by atoms with Crippen LogP contribution in [0.3, 0.4) is 0 Å². The number of hydrogen-bond acceptors (Lipinski definition) is 2. The van der Waals surface area contributed by atoms with Crippen LogP contribution in [0.4, 0.5) is 0 Å². The fraction of sp³-hybridized carbons (Fsp3) is 0.947. The highest BCUT2D eigenvalue weighted by molar-refractivity contribution is 5.71. The number of esters is 1. The molecule has 0 radical (unpaired) electrons.